The topological polar surface area (TPSA) is 134 Å². The Morgan fingerprint density at radius 1 is 0.524 bits per heavy atom. The first kappa shape index (κ1) is 46.3. The van der Waals surface area contributed by atoms with Gasteiger partial charge in [-0.05, 0) is 71.8 Å². The number of para-hydroxylation sites is 4. The average molecular weight is 943 g/mol. The molecule has 0 aliphatic heterocycles. The van der Waals surface area contributed by atoms with Crippen molar-refractivity contribution in [2.24, 2.45) is 0 Å². The van der Waals surface area contributed by atoms with Crippen LogP contribution >= 0.6 is 58.2 Å². The summed E-state index contributed by atoms with van der Waals surface area (Å²) in [6.45, 7) is -1.17. The van der Waals surface area contributed by atoms with E-state index < -0.39 is 36.8 Å². The minimum atomic E-state index is -1.20. The lowest BCUT2D eigenvalue weighted by molar-refractivity contribution is -0.137. The highest BCUT2D eigenvalue weighted by molar-refractivity contribution is 7.99. The predicted molar refractivity (Wildman–Crippen MR) is 252 cm³/mol. The average Bonchev–Trinajstić information content (AvgIpc) is 3.29. The van der Waals surface area contributed by atoms with Gasteiger partial charge in [0.25, 0.3) is 11.8 Å². The molecule has 2 amide bonds. The first-order valence-electron chi connectivity index (χ1n) is 18.8. The highest BCUT2D eigenvalue weighted by Crippen LogP contribution is 2.50. The van der Waals surface area contributed by atoms with E-state index in [2.05, 4.69) is 0 Å². The number of carboxylic acid groups (broad SMARTS) is 2. The maximum atomic E-state index is 13.6. The van der Waals surface area contributed by atoms with Crippen molar-refractivity contribution in [1.29, 1.82) is 0 Å². The summed E-state index contributed by atoms with van der Waals surface area (Å²) < 4.78 is 11.4. The Morgan fingerprint density at radius 2 is 0.873 bits per heavy atom. The van der Waals surface area contributed by atoms with E-state index >= 15 is 0 Å². The van der Waals surface area contributed by atoms with Crippen molar-refractivity contribution in [3.63, 3.8) is 0 Å². The fraction of sp³-hybridized carbons (Fsp3) is 0.0833. The van der Waals surface area contributed by atoms with Gasteiger partial charge in [0.2, 0.25) is 0 Å². The molecular formula is C48H36Cl4N2O8S. The van der Waals surface area contributed by atoms with E-state index in [4.69, 9.17) is 55.9 Å². The molecule has 0 unspecified atom stereocenters. The summed E-state index contributed by atoms with van der Waals surface area (Å²) in [4.78, 5) is 54.0. The number of amides is 2. The molecular weight excluding hydrogens is 906 g/mol. The number of aliphatic carboxylic acids is 2. The highest BCUT2D eigenvalue weighted by Gasteiger charge is 2.24. The SMILES string of the molecule is COc1ccccc1-c1cc(Sc2cc(-c3ccccc3OC)c(/C=C/C(=O)N(CC(=O)O)c3ccccc3)c(Cl)c2Cl)c(Cl)c(Cl)c1/C=C/C(=O)N(CC(=O)O)c1ccccc1. The molecule has 0 saturated carbocycles. The summed E-state index contributed by atoms with van der Waals surface area (Å²) in [5, 5.41) is 19.6. The summed E-state index contributed by atoms with van der Waals surface area (Å²) in [5.41, 5.74) is 3.73. The van der Waals surface area contributed by atoms with Crippen molar-refractivity contribution in [3.05, 3.63) is 165 Å². The number of anilines is 2. The predicted octanol–water partition coefficient (Wildman–Crippen LogP) is 12.1. The number of carbonyl (C=O) groups excluding carboxylic acids is 2. The number of ether oxygens (including phenoxy) is 2. The molecule has 6 aromatic rings. The second-order valence-electron chi connectivity index (χ2n) is 13.4. The van der Waals surface area contributed by atoms with Crippen LogP contribution in [0.25, 0.3) is 34.4 Å². The number of hydrogen-bond acceptors (Lipinski definition) is 7. The molecule has 0 aromatic heterocycles. The van der Waals surface area contributed by atoms with Gasteiger partial charge in [0.1, 0.15) is 24.6 Å². The maximum absolute atomic E-state index is 13.6. The van der Waals surface area contributed by atoms with Crippen LogP contribution in [0.5, 0.6) is 11.5 Å². The molecule has 2 N–H and O–H groups in total. The summed E-state index contributed by atoms with van der Waals surface area (Å²) in [5.74, 6) is -2.65. The van der Waals surface area contributed by atoms with Crippen LogP contribution in [0.4, 0.5) is 11.4 Å². The van der Waals surface area contributed by atoms with E-state index in [1.165, 1.54) is 38.5 Å². The molecule has 0 fully saturated rings. The van der Waals surface area contributed by atoms with Crippen LogP contribution in [0.15, 0.2) is 143 Å². The molecule has 10 nitrogen and oxygen atoms in total. The molecule has 0 spiro atoms. The van der Waals surface area contributed by atoms with E-state index in [1.807, 2.05) is 24.3 Å². The van der Waals surface area contributed by atoms with Crippen molar-refractivity contribution in [1.82, 2.24) is 0 Å². The Balaban J connectivity index is 1.48. The van der Waals surface area contributed by atoms with Crippen molar-refractivity contribution in [3.8, 4) is 33.8 Å². The number of methoxy groups -OCH3 is 2. The summed E-state index contributed by atoms with van der Waals surface area (Å²) in [7, 11) is 3.04. The van der Waals surface area contributed by atoms with E-state index in [-0.39, 0.29) is 20.1 Å². The molecule has 0 aliphatic rings. The monoisotopic (exact) mass is 940 g/mol. The lowest BCUT2D eigenvalue weighted by Gasteiger charge is -2.20. The highest BCUT2D eigenvalue weighted by atomic mass is 35.5. The molecule has 0 atom stereocenters. The number of rotatable bonds is 16. The molecule has 15 heteroatoms. The van der Waals surface area contributed by atoms with Crippen LogP contribution < -0.4 is 19.3 Å². The first-order chi connectivity index (χ1) is 30.3. The van der Waals surface area contributed by atoms with Crippen molar-refractivity contribution in [2.75, 3.05) is 37.1 Å². The van der Waals surface area contributed by atoms with E-state index in [9.17, 15) is 29.4 Å². The first-order valence-corrected chi connectivity index (χ1v) is 21.2. The second-order valence-corrected chi connectivity index (χ2v) is 16.0. The van der Waals surface area contributed by atoms with Crippen molar-refractivity contribution >= 4 is 105 Å². The molecule has 63 heavy (non-hydrogen) atoms. The fourth-order valence-corrected chi connectivity index (χ4v) is 8.74. The van der Waals surface area contributed by atoms with Crippen LogP contribution in [0.3, 0.4) is 0 Å². The van der Waals surface area contributed by atoms with Gasteiger partial charge in [-0.25, -0.2) is 0 Å². The zero-order valence-corrected chi connectivity index (χ0v) is 37.3. The van der Waals surface area contributed by atoms with Crippen molar-refractivity contribution < 1.29 is 38.9 Å². The third kappa shape index (κ3) is 10.9. The van der Waals surface area contributed by atoms with Gasteiger partial charge in [-0.15, -0.1) is 0 Å². The normalized spacial score (nSPS) is 11.1. The number of carboxylic acids is 2. The van der Waals surface area contributed by atoms with Crippen LogP contribution in [0.2, 0.25) is 20.1 Å². The molecule has 0 aliphatic carbocycles. The van der Waals surface area contributed by atoms with Gasteiger partial charge in [-0.1, -0.05) is 131 Å². The molecule has 0 bridgehead atoms. The van der Waals surface area contributed by atoms with Crippen LogP contribution in [0.1, 0.15) is 11.1 Å². The molecule has 0 radical (unpaired) electrons. The molecule has 0 heterocycles. The Kier molecular flexibility index (Phi) is 15.6. The van der Waals surface area contributed by atoms with Gasteiger partial charge < -0.3 is 19.7 Å². The van der Waals surface area contributed by atoms with Gasteiger partial charge in [-0.2, -0.15) is 0 Å². The zero-order valence-electron chi connectivity index (χ0n) is 33.4. The van der Waals surface area contributed by atoms with Crippen LogP contribution in [-0.4, -0.2) is 61.3 Å². The number of halogens is 4. The van der Waals surface area contributed by atoms with Crippen molar-refractivity contribution in [2.45, 2.75) is 9.79 Å². The summed E-state index contributed by atoms with van der Waals surface area (Å²) in [6.07, 6.45) is 5.41. The number of hydrogen-bond donors (Lipinski definition) is 2. The number of benzene rings is 6. The van der Waals surface area contributed by atoms with Gasteiger partial charge in [0.05, 0.1) is 34.3 Å². The summed E-state index contributed by atoms with van der Waals surface area (Å²) in [6, 6.07) is 34.7. The number of carbonyl (C=O) groups is 4. The Hall–Kier alpha value is -6.21. The molecule has 0 saturated heterocycles. The van der Waals surface area contributed by atoms with Gasteiger partial charge in [-0.3, -0.25) is 29.0 Å². The Bertz CT molecular complexity index is 2560. The second kappa shape index (κ2) is 21.2. The fourth-order valence-electron chi connectivity index (χ4n) is 6.58. The zero-order chi connectivity index (χ0) is 45.2. The standard InChI is InChI=1S/C48H36Cl4N2O8S/c1-61-37-19-11-9-17-31(37)35-25-39(47(51)45(49)33(35)21-23-41(55)53(27-43(57)58)29-13-5-3-6-14-29)63-40-26-36(32-18-10-12-20-38(32)62-2)34(46(50)48(40)52)22-24-42(56)54(28-44(59)60)30-15-7-4-8-16-30/h3-26H,27-28H2,1-2H3,(H,57,58)(H,59,60)/b23-21+,24-22+. The lowest BCUT2D eigenvalue weighted by atomic mass is 9.98. The largest absolute Gasteiger partial charge is 0.496 e. The van der Waals surface area contributed by atoms with Gasteiger partial charge in [0.15, 0.2) is 0 Å². The summed E-state index contributed by atoms with van der Waals surface area (Å²) >= 11 is 29.5. The van der Waals surface area contributed by atoms with Crippen LogP contribution in [0, 0.1) is 0 Å². The molecule has 6 rings (SSSR count). The quantitative estimate of drug-likeness (QED) is 0.0910. The van der Waals surface area contributed by atoms with Gasteiger partial charge >= 0.3 is 11.9 Å². The third-order valence-electron chi connectivity index (χ3n) is 9.48. The van der Waals surface area contributed by atoms with Crippen LogP contribution in [-0.2, 0) is 19.2 Å². The molecule has 320 valence electrons. The maximum Gasteiger partial charge on any atom is 0.323 e. The van der Waals surface area contributed by atoms with E-state index in [0.717, 1.165) is 21.6 Å². The number of nitrogens with zero attached hydrogens (tertiary/aromatic N) is 2. The van der Waals surface area contributed by atoms with E-state index in [1.54, 1.807) is 97.1 Å². The minimum absolute atomic E-state index is 0.0747. The minimum Gasteiger partial charge on any atom is -0.496 e. The Labute approximate surface area is 387 Å². The van der Waals surface area contributed by atoms with Gasteiger partial charge in [0, 0.05) is 55.6 Å². The lowest BCUT2D eigenvalue weighted by Crippen LogP contribution is -2.34. The van der Waals surface area contributed by atoms with E-state index in [0.29, 0.717) is 66.0 Å². The third-order valence-corrected chi connectivity index (χ3v) is 12.5. The smallest absolute Gasteiger partial charge is 0.323 e. The Morgan fingerprint density at radius 3 is 1.22 bits per heavy atom. The molecule has 6 aromatic carbocycles.